The Kier molecular flexibility index (Phi) is 9.77. The van der Waals surface area contributed by atoms with Crippen molar-refractivity contribution in [3.8, 4) is 5.75 Å². The van der Waals surface area contributed by atoms with Crippen LogP contribution in [0.1, 0.15) is 25.3 Å². The Morgan fingerprint density at radius 3 is 2.53 bits per heavy atom. The van der Waals surface area contributed by atoms with Gasteiger partial charge in [0.15, 0.2) is 0 Å². The van der Waals surface area contributed by atoms with Crippen molar-refractivity contribution in [3.05, 3.63) is 35.9 Å². The molecule has 1 aromatic carbocycles. The van der Waals surface area contributed by atoms with Crippen molar-refractivity contribution in [1.29, 1.82) is 0 Å². The van der Waals surface area contributed by atoms with Crippen molar-refractivity contribution >= 4 is 12.0 Å². The molecule has 1 rings (SSSR count). The van der Waals surface area contributed by atoms with Gasteiger partial charge in [0.25, 0.3) is 0 Å². The van der Waals surface area contributed by atoms with E-state index < -0.39 is 5.97 Å². The predicted molar refractivity (Wildman–Crippen MR) is 60.9 cm³/mol. The molecule has 0 aromatic heterocycles. The van der Waals surface area contributed by atoms with E-state index in [1.165, 1.54) is 6.08 Å². The van der Waals surface area contributed by atoms with E-state index in [1.807, 2.05) is 12.1 Å². The second-order valence-electron chi connectivity index (χ2n) is 3.42. The molecule has 0 atom stereocenters. The van der Waals surface area contributed by atoms with Crippen LogP contribution in [0.2, 0.25) is 0 Å². The summed E-state index contributed by atoms with van der Waals surface area (Å²) in [6, 6.07) is 7.26. The van der Waals surface area contributed by atoms with Gasteiger partial charge in [-0.1, -0.05) is 31.6 Å². The molecule has 0 fully saturated rings. The molecule has 0 aliphatic heterocycles. The van der Waals surface area contributed by atoms with E-state index >= 15 is 0 Å². The number of ether oxygens (including phenoxy) is 1. The zero-order chi connectivity index (χ0) is 11.8. The van der Waals surface area contributed by atoms with Crippen molar-refractivity contribution < 1.29 is 66.0 Å². The molecule has 0 heterocycles. The van der Waals surface area contributed by atoms with Crippen LogP contribution in [0, 0.1) is 0 Å². The maximum absolute atomic E-state index is 10.2. The molecular weight excluding hydrogens is 243 g/mol. The Balaban J connectivity index is 0.00000256. The molecular formula is C13H15KO3. The smallest absolute Gasteiger partial charge is 0.545 e. The fraction of sp³-hybridized carbons (Fsp3) is 0.308. The van der Waals surface area contributed by atoms with E-state index in [2.05, 4.69) is 6.92 Å². The van der Waals surface area contributed by atoms with Gasteiger partial charge in [-0.3, -0.25) is 0 Å². The summed E-state index contributed by atoms with van der Waals surface area (Å²) in [5.41, 5.74) is 0.812. The zero-order valence-corrected chi connectivity index (χ0v) is 13.4. The number of benzene rings is 1. The van der Waals surface area contributed by atoms with E-state index in [9.17, 15) is 9.90 Å². The molecule has 4 heteroatoms. The van der Waals surface area contributed by atoms with Crippen LogP contribution < -0.4 is 61.2 Å². The average Bonchev–Trinajstić information content (AvgIpc) is 2.28. The molecule has 0 unspecified atom stereocenters. The number of hydrogen-bond acceptors (Lipinski definition) is 3. The third-order valence-electron chi connectivity index (χ3n) is 2.06. The fourth-order valence-corrected chi connectivity index (χ4v) is 1.17. The SMILES string of the molecule is CCCCOc1ccc(/C=C/C(=O)[O-])cc1.[K+]. The van der Waals surface area contributed by atoms with Crippen LogP contribution in [0.15, 0.2) is 30.3 Å². The van der Waals surface area contributed by atoms with E-state index in [0.29, 0.717) is 6.61 Å². The van der Waals surface area contributed by atoms with Gasteiger partial charge < -0.3 is 14.6 Å². The first kappa shape index (κ1) is 16.9. The molecule has 0 saturated heterocycles. The second kappa shape index (κ2) is 9.85. The van der Waals surface area contributed by atoms with E-state index in [0.717, 1.165) is 30.2 Å². The summed E-state index contributed by atoms with van der Waals surface area (Å²) in [6.45, 7) is 2.82. The molecule has 17 heavy (non-hydrogen) atoms. The van der Waals surface area contributed by atoms with Gasteiger partial charge >= 0.3 is 51.4 Å². The van der Waals surface area contributed by atoms with Crippen LogP contribution in [0.3, 0.4) is 0 Å². The standard InChI is InChI=1S/C13H16O3.K/c1-2-3-10-16-12-7-4-11(5-8-12)6-9-13(14)15;/h4-9H,2-3,10H2,1H3,(H,14,15);/q;+1/p-1/b9-6+;. The summed E-state index contributed by atoms with van der Waals surface area (Å²) in [5.74, 6) is -0.387. The Labute approximate surface area is 144 Å². The number of hydrogen-bond donors (Lipinski definition) is 0. The molecule has 0 amide bonds. The van der Waals surface area contributed by atoms with Gasteiger partial charge in [0.1, 0.15) is 5.75 Å². The molecule has 3 nitrogen and oxygen atoms in total. The largest absolute Gasteiger partial charge is 1.00 e. The minimum Gasteiger partial charge on any atom is -0.545 e. The predicted octanol–water partition coefficient (Wildman–Crippen LogP) is -1.37. The van der Waals surface area contributed by atoms with Gasteiger partial charge in [-0.05, 0) is 30.2 Å². The maximum Gasteiger partial charge on any atom is 1.00 e. The zero-order valence-electron chi connectivity index (χ0n) is 10.3. The minimum atomic E-state index is -1.19. The van der Waals surface area contributed by atoms with Crippen LogP contribution >= 0.6 is 0 Å². The summed E-state index contributed by atoms with van der Waals surface area (Å²) in [5, 5.41) is 10.2. The summed E-state index contributed by atoms with van der Waals surface area (Å²) >= 11 is 0. The van der Waals surface area contributed by atoms with Gasteiger partial charge in [-0.2, -0.15) is 0 Å². The number of unbranched alkanes of at least 4 members (excludes halogenated alkanes) is 1. The quantitative estimate of drug-likeness (QED) is 0.359. The number of rotatable bonds is 6. The van der Waals surface area contributed by atoms with Crippen molar-refractivity contribution in [2.45, 2.75) is 19.8 Å². The second-order valence-corrected chi connectivity index (χ2v) is 3.42. The summed E-state index contributed by atoms with van der Waals surface area (Å²) in [6.07, 6.45) is 4.64. The van der Waals surface area contributed by atoms with Gasteiger partial charge in [0, 0.05) is 0 Å². The number of carbonyl (C=O) groups excluding carboxylic acids is 1. The number of aliphatic carboxylic acids is 1. The molecule has 0 radical (unpaired) electrons. The third kappa shape index (κ3) is 7.73. The Morgan fingerprint density at radius 1 is 1.35 bits per heavy atom. The normalized spacial score (nSPS) is 9.94. The maximum atomic E-state index is 10.2. The van der Waals surface area contributed by atoms with Crippen LogP contribution in [-0.4, -0.2) is 12.6 Å². The Hall–Kier alpha value is -0.134. The van der Waals surface area contributed by atoms with Crippen molar-refractivity contribution in [3.63, 3.8) is 0 Å². The Morgan fingerprint density at radius 2 is 2.00 bits per heavy atom. The number of carboxylic acids is 1. The summed E-state index contributed by atoms with van der Waals surface area (Å²) in [7, 11) is 0. The van der Waals surface area contributed by atoms with Crippen LogP contribution in [0.5, 0.6) is 5.75 Å². The van der Waals surface area contributed by atoms with E-state index in [4.69, 9.17) is 4.74 Å². The molecule has 0 bridgehead atoms. The molecule has 0 aliphatic carbocycles. The monoisotopic (exact) mass is 258 g/mol. The molecule has 0 spiro atoms. The van der Waals surface area contributed by atoms with Crippen molar-refractivity contribution in [2.75, 3.05) is 6.61 Å². The number of carboxylic acid groups (broad SMARTS) is 1. The molecule has 86 valence electrons. The number of carbonyl (C=O) groups is 1. The van der Waals surface area contributed by atoms with Gasteiger partial charge in [0.2, 0.25) is 0 Å². The van der Waals surface area contributed by atoms with E-state index in [-0.39, 0.29) is 51.4 Å². The fourth-order valence-electron chi connectivity index (χ4n) is 1.17. The summed E-state index contributed by atoms with van der Waals surface area (Å²) < 4.78 is 5.47. The van der Waals surface area contributed by atoms with Gasteiger partial charge in [0.05, 0.1) is 12.6 Å². The van der Waals surface area contributed by atoms with Crippen molar-refractivity contribution in [1.82, 2.24) is 0 Å². The van der Waals surface area contributed by atoms with E-state index in [1.54, 1.807) is 12.1 Å². The van der Waals surface area contributed by atoms with Gasteiger partial charge in [-0.15, -0.1) is 0 Å². The van der Waals surface area contributed by atoms with Crippen LogP contribution in [0.4, 0.5) is 0 Å². The molecule has 0 saturated carbocycles. The van der Waals surface area contributed by atoms with Gasteiger partial charge in [-0.25, -0.2) is 0 Å². The first-order chi connectivity index (χ1) is 7.72. The minimum absolute atomic E-state index is 0. The Bertz CT molecular complexity index is 357. The topological polar surface area (TPSA) is 49.4 Å². The molecule has 0 aliphatic rings. The third-order valence-corrected chi connectivity index (χ3v) is 2.06. The van der Waals surface area contributed by atoms with Crippen LogP contribution in [-0.2, 0) is 4.79 Å². The molecule has 0 N–H and O–H groups in total. The first-order valence-corrected chi connectivity index (χ1v) is 5.34. The first-order valence-electron chi connectivity index (χ1n) is 5.34. The van der Waals surface area contributed by atoms with Crippen LogP contribution in [0.25, 0.3) is 6.08 Å². The van der Waals surface area contributed by atoms with Crippen molar-refractivity contribution in [2.24, 2.45) is 0 Å². The summed E-state index contributed by atoms with van der Waals surface area (Å²) in [4.78, 5) is 10.2. The molecule has 1 aromatic rings. The average molecular weight is 258 g/mol.